The van der Waals surface area contributed by atoms with Gasteiger partial charge < -0.3 is 24.2 Å². The number of rotatable bonds is 7. The number of benzene rings is 2. The van der Waals surface area contributed by atoms with Crippen molar-refractivity contribution in [1.82, 2.24) is 14.7 Å². The highest BCUT2D eigenvalue weighted by molar-refractivity contribution is 6.06. The zero-order chi connectivity index (χ0) is 31.2. The van der Waals surface area contributed by atoms with Crippen LogP contribution in [-0.4, -0.2) is 83.1 Å². The van der Waals surface area contributed by atoms with Crippen LogP contribution in [0.2, 0.25) is 0 Å². The molecule has 6 rings (SSSR count). The molecule has 10 heteroatoms. The standard InChI is InChI=1S/C34H42N4O6/c1-23(25-10-11-25)37(21-24-8-6-5-7-9-24)29(39)22-38-30(40)34(44-32(38)42)15-14-26-20-27(12-13-28(26)34)35-16-18-36(19-17-35)31(41)43-33(2,3)4/h5-9,12-13,20,23,25H,10-11,14-19,21-22H2,1-4H3/t23?,34-/m0/s1. The molecule has 44 heavy (non-hydrogen) atoms. The first-order valence-corrected chi connectivity index (χ1v) is 15.7. The molecule has 4 aliphatic rings. The van der Waals surface area contributed by atoms with Crippen LogP contribution in [0, 0.1) is 5.92 Å². The van der Waals surface area contributed by atoms with E-state index in [4.69, 9.17) is 9.47 Å². The Morgan fingerprint density at radius 1 is 1.05 bits per heavy atom. The monoisotopic (exact) mass is 602 g/mol. The first-order valence-electron chi connectivity index (χ1n) is 15.7. The van der Waals surface area contributed by atoms with E-state index in [-0.39, 0.29) is 24.6 Å². The lowest BCUT2D eigenvalue weighted by Gasteiger charge is -2.37. The Kier molecular flexibility index (Phi) is 7.80. The number of piperazine rings is 1. The lowest BCUT2D eigenvalue weighted by molar-refractivity contribution is -0.143. The van der Waals surface area contributed by atoms with Crippen LogP contribution < -0.4 is 4.90 Å². The van der Waals surface area contributed by atoms with Gasteiger partial charge in [-0.25, -0.2) is 14.5 Å². The summed E-state index contributed by atoms with van der Waals surface area (Å²) < 4.78 is 11.4. The summed E-state index contributed by atoms with van der Waals surface area (Å²) in [6.07, 6.45) is 2.01. The minimum Gasteiger partial charge on any atom is -0.444 e. The molecule has 0 bridgehead atoms. The van der Waals surface area contributed by atoms with Crippen molar-refractivity contribution >= 4 is 29.7 Å². The van der Waals surface area contributed by atoms with E-state index in [0.29, 0.717) is 57.0 Å². The fourth-order valence-corrected chi connectivity index (χ4v) is 6.61. The number of carbonyl (C=O) groups excluding carboxylic acids is 4. The molecule has 0 N–H and O–H groups in total. The number of ether oxygens (including phenoxy) is 2. The number of anilines is 1. The molecule has 2 saturated heterocycles. The summed E-state index contributed by atoms with van der Waals surface area (Å²) in [5, 5.41) is 0. The van der Waals surface area contributed by atoms with Crippen LogP contribution in [0.1, 0.15) is 63.6 Å². The Labute approximate surface area is 258 Å². The van der Waals surface area contributed by atoms with E-state index in [2.05, 4.69) is 11.0 Å². The topological polar surface area (TPSA) is 99.7 Å². The van der Waals surface area contributed by atoms with Crippen molar-refractivity contribution in [3.05, 3.63) is 65.2 Å². The molecule has 2 aliphatic carbocycles. The first-order chi connectivity index (χ1) is 20.9. The van der Waals surface area contributed by atoms with E-state index in [9.17, 15) is 19.2 Å². The maximum atomic E-state index is 13.9. The number of imide groups is 1. The minimum atomic E-state index is -1.40. The molecule has 1 unspecified atom stereocenters. The van der Waals surface area contributed by atoms with Gasteiger partial charge in [0.2, 0.25) is 11.5 Å². The summed E-state index contributed by atoms with van der Waals surface area (Å²) in [5.74, 6) is -0.284. The maximum absolute atomic E-state index is 13.9. The Morgan fingerprint density at radius 3 is 2.41 bits per heavy atom. The van der Waals surface area contributed by atoms with E-state index < -0.39 is 23.2 Å². The van der Waals surface area contributed by atoms with E-state index in [0.717, 1.165) is 34.6 Å². The number of hydrogen-bond acceptors (Lipinski definition) is 7. The summed E-state index contributed by atoms with van der Waals surface area (Å²) >= 11 is 0. The second-order valence-electron chi connectivity index (χ2n) is 13.5. The Balaban J connectivity index is 1.13. The molecule has 3 fully saturated rings. The van der Waals surface area contributed by atoms with Crippen LogP contribution in [0.4, 0.5) is 15.3 Å². The molecule has 4 amide bonds. The highest BCUT2D eigenvalue weighted by atomic mass is 16.6. The van der Waals surface area contributed by atoms with Crippen molar-refractivity contribution in [2.45, 2.75) is 77.2 Å². The van der Waals surface area contributed by atoms with Gasteiger partial charge in [-0.2, -0.15) is 0 Å². The zero-order valence-electron chi connectivity index (χ0n) is 26.1. The van der Waals surface area contributed by atoms with Gasteiger partial charge in [-0.1, -0.05) is 36.4 Å². The molecule has 1 spiro atoms. The zero-order valence-corrected chi connectivity index (χ0v) is 26.1. The molecule has 234 valence electrons. The van der Waals surface area contributed by atoms with Crippen molar-refractivity contribution in [2.75, 3.05) is 37.6 Å². The Morgan fingerprint density at radius 2 is 1.75 bits per heavy atom. The first kappa shape index (κ1) is 30.0. The van der Waals surface area contributed by atoms with Gasteiger partial charge in [0.05, 0.1) is 0 Å². The highest BCUT2D eigenvalue weighted by Gasteiger charge is 2.58. The summed E-state index contributed by atoms with van der Waals surface area (Å²) in [5.41, 5.74) is 1.72. The molecule has 2 heterocycles. The maximum Gasteiger partial charge on any atom is 0.418 e. The Hall–Kier alpha value is -4.08. The molecular formula is C34H42N4O6. The fraction of sp³-hybridized carbons (Fsp3) is 0.529. The van der Waals surface area contributed by atoms with Crippen LogP contribution in [0.5, 0.6) is 0 Å². The summed E-state index contributed by atoms with van der Waals surface area (Å²) in [4.78, 5) is 59.9. The van der Waals surface area contributed by atoms with E-state index >= 15 is 0 Å². The number of hydrogen-bond donors (Lipinski definition) is 0. The number of fused-ring (bicyclic) bond motifs is 2. The van der Waals surface area contributed by atoms with Gasteiger partial charge in [0.25, 0.3) is 5.91 Å². The molecule has 0 radical (unpaired) electrons. The van der Waals surface area contributed by atoms with E-state index in [1.54, 1.807) is 9.80 Å². The molecule has 10 nitrogen and oxygen atoms in total. The quantitative estimate of drug-likeness (QED) is 0.453. The molecule has 2 aromatic carbocycles. The smallest absolute Gasteiger partial charge is 0.418 e. The van der Waals surface area contributed by atoms with Gasteiger partial charge in [0, 0.05) is 56.4 Å². The van der Waals surface area contributed by atoms with Crippen molar-refractivity contribution in [1.29, 1.82) is 0 Å². The van der Waals surface area contributed by atoms with E-state index in [1.165, 1.54) is 0 Å². The molecule has 2 aliphatic heterocycles. The van der Waals surface area contributed by atoms with E-state index in [1.807, 2.05) is 70.2 Å². The number of nitrogens with zero attached hydrogens (tertiary/aromatic N) is 4. The van der Waals surface area contributed by atoms with Crippen LogP contribution in [0.15, 0.2) is 48.5 Å². The summed E-state index contributed by atoms with van der Waals surface area (Å²) in [6.45, 7) is 10.1. The second-order valence-corrected chi connectivity index (χ2v) is 13.5. The Bertz CT molecular complexity index is 1440. The molecule has 2 aromatic rings. The number of aryl methyl sites for hydroxylation is 1. The lowest BCUT2D eigenvalue weighted by atomic mass is 9.94. The van der Waals surface area contributed by atoms with Crippen molar-refractivity contribution in [3.63, 3.8) is 0 Å². The van der Waals surface area contributed by atoms with Gasteiger partial charge in [0.15, 0.2) is 0 Å². The normalized spacial score (nSPS) is 22.2. The summed E-state index contributed by atoms with van der Waals surface area (Å²) in [7, 11) is 0. The van der Waals surface area contributed by atoms with Crippen LogP contribution in [0.3, 0.4) is 0 Å². The average Bonchev–Trinajstić information content (AvgIpc) is 3.75. The van der Waals surface area contributed by atoms with Crippen LogP contribution in [0.25, 0.3) is 0 Å². The fourth-order valence-electron chi connectivity index (χ4n) is 6.61. The average molecular weight is 603 g/mol. The van der Waals surface area contributed by atoms with Gasteiger partial charge >= 0.3 is 12.2 Å². The minimum absolute atomic E-state index is 0.0158. The lowest BCUT2D eigenvalue weighted by Crippen LogP contribution is -2.50. The SMILES string of the molecule is CC(C1CC1)N(Cc1ccccc1)C(=O)CN1C(=O)O[C@]2(CCc3cc(N4CCN(C(=O)OC(C)(C)C)CC4)ccc32)C1=O. The second kappa shape index (κ2) is 11.4. The number of carbonyl (C=O) groups is 4. The summed E-state index contributed by atoms with van der Waals surface area (Å²) in [6, 6.07) is 15.7. The van der Waals surface area contributed by atoms with Crippen LogP contribution in [-0.2, 0) is 37.6 Å². The highest BCUT2D eigenvalue weighted by Crippen LogP contribution is 2.46. The molecule has 0 aromatic heterocycles. The van der Waals surface area contributed by atoms with Gasteiger partial charge in [-0.3, -0.25) is 9.59 Å². The van der Waals surface area contributed by atoms with Crippen molar-refractivity contribution in [3.8, 4) is 0 Å². The molecule has 2 atom stereocenters. The van der Waals surface area contributed by atoms with Crippen LogP contribution >= 0.6 is 0 Å². The number of amides is 4. The van der Waals surface area contributed by atoms with Gasteiger partial charge in [0.1, 0.15) is 12.1 Å². The van der Waals surface area contributed by atoms with Crippen molar-refractivity contribution < 1.29 is 28.7 Å². The predicted octanol–water partition coefficient (Wildman–Crippen LogP) is 4.69. The molecular weight excluding hydrogens is 560 g/mol. The third kappa shape index (κ3) is 5.86. The third-order valence-electron chi connectivity index (χ3n) is 9.24. The van der Waals surface area contributed by atoms with Gasteiger partial charge in [-0.15, -0.1) is 0 Å². The third-order valence-corrected chi connectivity index (χ3v) is 9.24. The largest absolute Gasteiger partial charge is 0.444 e. The van der Waals surface area contributed by atoms with Gasteiger partial charge in [-0.05, 0) is 76.1 Å². The molecule has 1 saturated carbocycles. The predicted molar refractivity (Wildman–Crippen MR) is 164 cm³/mol. The van der Waals surface area contributed by atoms with Crippen molar-refractivity contribution in [2.24, 2.45) is 5.92 Å².